The van der Waals surface area contributed by atoms with Crippen LogP contribution in [0.25, 0.3) is 0 Å². The van der Waals surface area contributed by atoms with E-state index in [4.69, 9.17) is 9.47 Å². The lowest BCUT2D eigenvalue weighted by atomic mass is 9.95. The van der Waals surface area contributed by atoms with Gasteiger partial charge in [0.1, 0.15) is 17.1 Å². The molecule has 0 radical (unpaired) electrons. The number of methoxy groups -OCH3 is 1. The van der Waals surface area contributed by atoms with Crippen LogP contribution < -0.4 is 14.8 Å². The number of ketones is 1. The molecular weight excluding hydrogens is 266 g/mol. The summed E-state index contributed by atoms with van der Waals surface area (Å²) >= 11 is 0. The first-order valence-electron chi connectivity index (χ1n) is 7.36. The molecule has 0 bridgehead atoms. The van der Waals surface area contributed by atoms with E-state index in [1.54, 1.807) is 19.2 Å². The molecule has 0 unspecified atom stereocenters. The highest BCUT2D eigenvalue weighted by molar-refractivity contribution is 6.03. The summed E-state index contributed by atoms with van der Waals surface area (Å²) in [7, 11) is 1.61. The van der Waals surface area contributed by atoms with Gasteiger partial charge in [-0.3, -0.25) is 4.79 Å². The molecule has 0 spiro atoms. The van der Waals surface area contributed by atoms with Crippen molar-refractivity contribution >= 4 is 5.78 Å². The van der Waals surface area contributed by atoms with E-state index in [0.717, 1.165) is 19.5 Å². The van der Waals surface area contributed by atoms with Gasteiger partial charge in [-0.25, -0.2) is 0 Å². The number of fused-ring (bicyclic) bond motifs is 1. The number of hydrogen-bond acceptors (Lipinski definition) is 4. The average molecular weight is 285 g/mol. The second-order valence-electron chi connectivity index (χ2n) is 5.43. The van der Waals surface area contributed by atoms with E-state index in [2.05, 4.69) is 17.2 Å². The Morgan fingerprint density at radius 2 is 2.19 bits per heavy atom. The minimum Gasteiger partial charge on any atom is -0.495 e. The van der Waals surface area contributed by atoms with Crippen LogP contribution in [0, 0.1) is 17.8 Å². The van der Waals surface area contributed by atoms with Crippen molar-refractivity contribution in [3.05, 3.63) is 23.3 Å². The molecule has 4 heteroatoms. The van der Waals surface area contributed by atoms with Crippen molar-refractivity contribution in [2.24, 2.45) is 5.92 Å². The van der Waals surface area contributed by atoms with Gasteiger partial charge in [-0.15, -0.1) is 0 Å². The Hall–Kier alpha value is -1.99. The second-order valence-corrected chi connectivity index (χ2v) is 5.43. The Bertz CT molecular complexity index is 606. The van der Waals surface area contributed by atoms with E-state index in [9.17, 15) is 4.79 Å². The van der Waals surface area contributed by atoms with E-state index in [1.807, 2.05) is 0 Å². The molecule has 21 heavy (non-hydrogen) atoms. The van der Waals surface area contributed by atoms with Crippen LogP contribution in [0.1, 0.15) is 35.2 Å². The van der Waals surface area contributed by atoms with Gasteiger partial charge < -0.3 is 14.8 Å². The summed E-state index contributed by atoms with van der Waals surface area (Å²) in [6.07, 6.45) is 3.23. The van der Waals surface area contributed by atoms with Crippen molar-refractivity contribution in [1.82, 2.24) is 5.32 Å². The van der Waals surface area contributed by atoms with Crippen LogP contribution in [-0.2, 0) is 0 Å². The summed E-state index contributed by atoms with van der Waals surface area (Å²) in [5.41, 5.74) is 1.32. The maximum Gasteiger partial charge on any atom is 0.203 e. The highest BCUT2D eigenvalue weighted by Gasteiger charge is 2.25. The maximum atomic E-state index is 11.7. The van der Waals surface area contributed by atoms with Crippen LogP contribution in [0.5, 0.6) is 11.5 Å². The topological polar surface area (TPSA) is 47.6 Å². The standard InChI is InChI=1S/C17H19NO3/c1-20-16-6-5-13-15(19)11-21-17(13)14(16)4-2-3-12-7-9-18-10-8-12/h5-6,12,18H,3,7-11H2,1H3. The SMILES string of the molecule is COc1ccc2c(c1C#CCC1CCNCC1)OCC2=O. The number of nitrogens with one attached hydrogen (secondary N) is 1. The highest BCUT2D eigenvalue weighted by atomic mass is 16.5. The number of rotatable bonds is 2. The Kier molecular flexibility index (Phi) is 4.12. The normalized spacial score (nSPS) is 17.7. The zero-order valence-electron chi connectivity index (χ0n) is 12.2. The van der Waals surface area contributed by atoms with Crippen molar-refractivity contribution in [1.29, 1.82) is 0 Å². The first-order valence-corrected chi connectivity index (χ1v) is 7.36. The Labute approximate surface area is 124 Å². The number of piperidine rings is 1. The number of ether oxygens (including phenoxy) is 2. The molecule has 2 aliphatic heterocycles. The summed E-state index contributed by atoms with van der Waals surface area (Å²) in [6.45, 7) is 2.26. The minimum atomic E-state index is 0.00839. The summed E-state index contributed by atoms with van der Waals surface area (Å²) in [6, 6.07) is 3.54. The lowest BCUT2D eigenvalue weighted by Crippen LogP contribution is -2.27. The van der Waals surface area contributed by atoms with E-state index in [1.165, 1.54) is 12.8 Å². The second kappa shape index (κ2) is 6.19. The third-order valence-electron chi connectivity index (χ3n) is 4.05. The van der Waals surface area contributed by atoms with Crippen molar-refractivity contribution in [2.75, 3.05) is 26.8 Å². The van der Waals surface area contributed by atoms with Gasteiger partial charge in [0.2, 0.25) is 5.78 Å². The van der Waals surface area contributed by atoms with Crippen LogP contribution in [0.3, 0.4) is 0 Å². The Morgan fingerprint density at radius 3 is 2.95 bits per heavy atom. The molecule has 2 aliphatic rings. The molecule has 0 aromatic heterocycles. The van der Waals surface area contributed by atoms with E-state index < -0.39 is 0 Å². The first-order chi connectivity index (χ1) is 10.3. The van der Waals surface area contributed by atoms with Gasteiger partial charge in [0.05, 0.1) is 12.7 Å². The summed E-state index contributed by atoms with van der Waals surface area (Å²) < 4.78 is 10.8. The smallest absolute Gasteiger partial charge is 0.203 e. The Morgan fingerprint density at radius 1 is 1.38 bits per heavy atom. The molecule has 0 amide bonds. The van der Waals surface area contributed by atoms with Crippen molar-refractivity contribution in [2.45, 2.75) is 19.3 Å². The number of benzene rings is 1. The van der Waals surface area contributed by atoms with Gasteiger partial charge in [-0.05, 0) is 44.0 Å². The van der Waals surface area contributed by atoms with E-state index in [0.29, 0.717) is 28.5 Å². The predicted octanol–water partition coefficient (Wildman–Crippen LogP) is 2.01. The van der Waals surface area contributed by atoms with Gasteiger partial charge in [-0.1, -0.05) is 11.8 Å². The summed E-state index contributed by atoms with van der Waals surface area (Å²) in [5.74, 6) is 8.31. The first kappa shape index (κ1) is 14.0. The van der Waals surface area contributed by atoms with Crippen molar-refractivity contribution in [3.63, 3.8) is 0 Å². The molecule has 1 saturated heterocycles. The van der Waals surface area contributed by atoms with Crippen LogP contribution in [-0.4, -0.2) is 32.6 Å². The zero-order chi connectivity index (χ0) is 14.7. The summed E-state index contributed by atoms with van der Waals surface area (Å²) in [5, 5.41) is 3.35. The predicted molar refractivity (Wildman–Crippen MR) is 79.9 cm³/mol. The van der Waals surface area contributed by atoms with Crippen LogP contribution in [0.15, 0.2) is 12.1 Å². The monoisotopic (exact) mass is 285 g/mol. The van der Waals surface area contributed by atoms with Gasteiger partial charge >= 0.3 is 0 Å². The lowest BCUT2D eigenvalue weighted by molar-refractivity contribution is 0.0961. The zero-order valence-corrected chi connectivity index (χ0v) is 12.2. The number of carbonyl (C=O) groups is 1. The number of hydrogen-bond donors (Lipinski definition) is 1. The molecule has 3 rings (SSSR count). The molecule has 0 saturated carbocycles. The fraction of sp³-hybridized carbons (Fsp3) is 0.471. The number of Topliss-reactive ketones (excluding diaryl/α,β-unsaturated/α-hetero) is 1. The van der Waals surface area contributed by atoms with Gasteiger partial charge in [0, 0.05) is 6.42 Å². The molecule has 0 atom stereocenters. The molecule has 2 heterocycles. The van der Waals surface area contributed by atoms with Gasteiger partial charge in [0.25, 0.3) is 0 Å². The highest BCUT2D eigenvalue weighted by Crippen LogP contribution is 2.35. The van der Waals surface area contributed by atoms with Crippen molar-refractivity contribution < 1.29 is 14.3 Å². The lowest BCUT2D eigenvalue weighted by Gasteiger charge is -2.20. The number of carbonyl (C=O) groups excluding carboxylic acids is 1. The maximum absolute atomic E-state index is 11.7. The molecule has 0 aliphatic carbocycles. The molecule has 110 valence electrons. The van der Waals surface area contributed by atoms with Crippen molar-refractivity contribution in [3.8, 4) is 23.3 Å². The van der Waals surface area contributed by atoms with E-state index in [-0.39, 0.29) is 12.4 Å². The molecular formula is C17H19NO3. The minimum absolute atomic E-state index is 0.00839. The third kappa shape index (κ3) is 2.88. The molecule has 1 fully saturated rings. The fourth-order valence-electron chi connectivity index (χ4n) is 2.81. The molecule has 1 N–H and O–H groups in total. The van der Waals surface area contributed by atoms with Gasteiger partial charge in [0.15, 0.2) is 6.61 Å². The van der Waals surface area contributed by atoms with Crippen LogP contribution in [0.4, 0.5) is 0 Å². The molecule has 1 aromatic carbocycles. The Balaban J connectivity index is 1.83. The quantitative estimate of drug-likeness (QED) is 0.845. The third-order valence-corrected chi connectivity index (χ3v) is 4.05. The fourth-order valence-corrected chi connectivity index (χ4v) is 2.81. The van der Waals surface area contributed by atoms with Gasteiger partial charge in [-0.2, -0.15) is 0 Å². The van der Waals surface area contributed by atoms with Crippen LogP contribution in [0.2, 0.25) is 0 Å². The largest absolute Gasteiger partial charge is 0.495 e. The molecule has 4 nitrogen and oxygen atoms in total. The summed E-state index contributed by atoms with van der Waals surface area (Å²) in [4.78, 5) is 11.7. The average Bonchev–Trinajstić information content (AvgIpc) is 2.90. The molecule has 1 aromatic rings. The van der Waals surface area contributed by atoms with E-state index >= 15 is 0 Å². The van der Waals surface area contributed by atoms with Crippen LogP contribution >= 0.6 is 0 Å².